The van der Waals surface area contributed by atoms with E-state index in [1.165, 1.54) is 36.2 Å². The molecule has 1 aromatic carbocycles. The Balaban J connectivity index is 2.13. The fraction of sp³-hybridized carbons (Fsp3) is 0.600. The average molecular weight is 248 g/mol. The van der Waals surface area contributed by atoms with E-state index in [-0.39, 0.29) is 0 Å². The van der Waals surface area contributed by atoms with Gasteiger partial charge in [-0.1, -0.05) is 0 Å². The van der Waals surface area contributed by atoms with Crippen molar-refractivity contribution in [3.8, 4) is 5.75 Å². The first-order valence-corrected chi connectivity index (χ1v) is 6.71. The molecule has 1 aromatic rings. The second-order valence-corrected chi connectivity index (χ2v) is 5.28. The van der Waals surface area contributed by atoms with Crippen LogP contribution in [-0.2, 0) is 0 Å². The molecule has 0 saturated carbocycles. The molecular weight excluding hydrogens is 224 g/mol. The van der Waals surface area contributed by atoms with Crippen molar-refractivity contribution in [3.05, 3.63) is 23.3 Å². The molecule has 0 spiro atoms. The van der Waals surface area contributed by atoms with Crippen molar-refractivity contribution in [1.82, 2.24) is 5.32 Å². The third-order valence-electron chi connectivity index (χ3n) is 3.78. The van der Waals surface area contributed by atoms with Crippen LogP contribution in [0.25, 0.3) is 0 Å². The number of rotatable bonds is 4. The van der Waals surface area contributed by atoms with E-state index in [2.05, 4.69) is 43.2 Å². The lowest BCUT2D eigenvalue weighted by Gasteiger charge is -2.26. The molecule has 0 aromatic heterocycles. The van der Waals surface area contributed by atoms with Crippen molar-refractivity contribution in [2.45, 2.75) is 32.7 Å². The highest BCUT2D eigenvalue weighted by Crippen LogP contribution is 2.28. The highest BCUT2D eigenvalue weighted by Gasteiger charge is 2.17. The highest BCUT2D eigenvalue weighted by atomic mass is 16.5. The zero-order valence-corrected chi connectivity index (χ0v) is 11.9. The van der Waals surface area contributed by atoms with Crippen LogP contribution in [-0.4, -0.2) is 33.3 Å². The fourth-order valence-corrected chi connectivity index (χ4v) is 2.75. The first-order chi connectivity index (χ1) is 8.61. The van der Waals surface area contributed by atoms with Gasteiger partial charge in [-0.3, -0.25) is 0 Å². The maximum Gasteiger partial charge on any atom is 0.122 e. The summed E-state index contributed by atoms with van der Waals surface area (Å²) in [5, 5.41) is 3.55. The molecule has 3 nitrogen and oxygen atoms in total. The minimum atomic E-state index is 0.636. The second kappa shape index (κ2) is 5.61. The van der Waals surface area contributed by atoms with Gasteiger partial charge in [-0.2, -0.15) is 0 Å². The van der Waals surface area contributed by atoms with Crippen molar-refractivity contribution in [2.24, 2.45) is 0 Å². The van der Waals surface area contributed by atoms with Crippen molar-refractivity contribution in [1.29, 1.82) is 0 Å². The van der Waals surface area contributed by atoms with Crippen molar-refractivity contribution >= 4 is 5.69 Å². The van der Waals surface area contributed by atoms with Crippen LogP contribution in [0.4, 0.5) is 5.69 Å². The first-order valence-electron chi connectivity index (χ1n) is 6.71. The first kappa shape index (κ1) is 13.2. The van der Waals surface area contributed by atoms with Crippen LogP contribution in [0, 0.1) is 13.8 Å². The standard InChI is InChI=1S/C15H24N2O/c1-11-9-15(18-4)12(2)8-14(11)17(3)10-13-6-5-7-16-13/h8-9,13,16H,5-7,10H2,1-4H3. The van der Waals surface area contributed by atoms with Gasteiger partial charge in [0.15, 0.2) is 0 Å². The fourth-order valence-electron chi connectivity index (χ4n) is 2.75. The van der Waals surface area contributed by atoms with Gasteiger partial charge in [0.25, 0.3) is 0 Å². The number of ether oxygens (including phenoxy) is 1. The van der Waals surface area contributed by atoms with Crippen LogP contribution in [0.5, 0.6) is 5.75 Å². The molecule has 0 aliphatic carbocycles. The van der Waals surface area contributed by atoms with Gasteiger partial charge in [0.1, 0.15) is 5.75 Å². The summed E-state index contributed by atoms with van der Waals surface area (Å²) in [5.41, 5.74) is 3.78. The molecule has 0 radical (unpaired) electrons. The molecule has 1 N–H and O–H groups in total. The van der Waals surface area contributed by atoms with Gasteiger partial charge < -0.3 is 15.0 Å². The van der Waals surface area contributed by atoms with E-state index in [1.54, 1.807) is 7.11 Å². The number of methoxy groups -OCH3 is 1. The molecule has 1 unspecified atom stereocenters. The minimum Gasteiger partial charge on any atom is -0.496 e. The Hall–Kier alpha value is -1.22. The SMILES string of the molecule is COc1cc(C)c(N(C)CC2CCCN2)cc1C. The Bertz CT molecular complexity index is 411. The molecule has 18 heavy (non-hydrogen) atoms. The summed E-state index contributed by atoms with van der Waals surface area (Å²) in [5.74, 6) is 0.976. The Morgan fingerprint density at radius 3 is 2.72 bits per heavy atom. The Morgan fingerprint density at radius 2 is 2.11 bits per heavy atom. The molecule has 3 heteroatoms. The van der Waals surface area contributed by atoms with Gasteiger partial charge in [0, 0.05) is 25.3 Å². The molecule has 100 valence electrons. The summed E-state index contributed by atoms with van der Waals surface area (Å²) in [6.45, 7) is 6.49. The smallest absolute Gasteiger partial charge is 0.122 e. The quantitative estimate of drug-likeness (QED) is 0.886. The van der Waals surface area contributed by atoms with Crippen molar-refractivity contribution in [3.63, 3.8) is 0 Å². The Kier molecular flexibility index (Phi) is 4.12. The number of likely N-dealkylation sites (N-methyl/N-ethyl adjacent to an activating group) is 1. The number of nitrogens with one attached hydrogen (secondary N) is 1. The summed E-state index contributed by atoms with van der Waals surface area (Å²) in [7, 11) is 3.90. The van der Waals surface area contributed by atoms with E-state index < -0.39 is 0 Å². The summed E-state index contributed by atoms with van der Waals surface area (Å²) in [4.78, 5) is 2.35. The molecule has 1 fully saturated rings. The zero-order valence-electron chi connectivity index (χ0n) is 11.9. The van der Waals surface area contributed by atoms with E-state index in [9.17, 15) is 0 Å². The number of benzene rings is 1. The van der Waals surface area contributed by atoms with Crippen LogP contribution in [0.3, 0.4) is 0 Å². The molecule has 1 aliphatic rings. The summed E-state index contributed by atoms with van der Waals surface area (Å²) in [6.07, 6.45) is 2.59. The maximum absolute atomic E-state index is 5.36. The minimum absolute atomic E-state index is 0.636. The van der Waals surface area contributed by atoms with Crippen LogP contribution in [0.2, 0.25) is 0 Å². The largest absolute Gasteiger partial charge is 0.496 e. The number of hydrogen-bond acceptors (Lipinski definition) is 3. The number of anilines is 1. The number of aryl methyl sites for hydroxylation is 2. The highest BCUT2D eigenvalue weighted by molar-refractivity contribution is 5.58. The van der Waals surface area contributed by atoms with E-state index in [4.69, 9.17) is 4.74 Å². The lowest BCUT2D eigenvalue weighted by atomic mass is 10.1. The van der Waals surface area contributed by atoms with E-state index >= 15 is 0 Å². The van der Waals surface area contributed by atoms with Crippen molar-refractivity contribution in [2.75, 3.05) is 32.1 Å². The monoisotopic (exact) mass is 248 g/mol. The van der Waals surface area contributed by atoms with Gasteiger partial charge in [-0.15, -0.1) is 0 Å². The zero-order chi connectivity index (χ0) is 13.1. The molecule has 1 aliphatic heterocycles. The molecule has 0 amide bonds. The third kappa shape index (κ3) is 2.78. The topological polar surface area (TPSA) is 24.5 Å². The average Bonchev–Trinajstić information content (AvgIpc) is 2.84. The lowest BCUT2D eigenvalue weighted by molar-refractivity contribution is 0.411. The lowest BCUT2D eigenvalue weighted by Crippen LogP contribution is -2.35. The molecule has 0 bridgehead atoms. The predicted octanol–water partition coefficient (Wildman–Crippen LogP) is 2.50. The van der Waals surface area contributed by atoms with Gasteiger partial charge in [-0.05, 0) is 56.5 Å². The molecule has 1 atom stereocenters. The molecular formula is C15H24N2O. The summed E-state index contributed by atoms with van der Waals surface area (Å²) in [6, 6.07) is 4.99. The molecule has 1 heterocycles. The number of nitrogens with zero attached hydrogens (tertiary/aromatic N) is 1. The third-order valence-corrected chi connectivity index (χ3v) is 3.78. The van der Waals surface area contributed by atoms with Crippen molar-refractivity contribution < 1.29 is 4.74 Å². The Labute approximate surface area is 110 Å². The van der Waals surface area contributed by atoms with Crippen LogP contribution < -0.4 is 15.0 Å². The normalized spacial score (nSPS) is 19.0. The summed E-state index contributed by atoms with van der Waals surface area (Å²) < 4.78 is 5.36. The molecule has 2 rings (SSSR count). The maximum atomic E-state index is 5.36. The van der Waals surface area contributed by atoms with Gasteiger partial charge in [0.05, 0.1) is 7.11 Å². The van der Waals surface area contributed by atoms with Crippen LogP contribution in [0.15, 0.2) is 12.1 Å². The van der Waals surface area contributed by atoms with E-state index in [0.717, 1.165) is 12.3 Å². The van der Waals surface area contributed by atoms with Gasteiger partial charge in [-0.25, -0.2) is 0 Å². The number of hydrogen-bond donors (Lipinski definition) is 1. The van der Waals surface area contributed by atoms with Crippen LogP contribution in [0.1, 0.15) is 24.0 Å². The molecule has 1 saturated heterocycles. The predicted molar refractivity (Wildman–Crippen MR) is 76.8 cm³/mol. The Morgan fingerprint density at radius 1 is 1.33 bits per heavy atom. The van der Waals surface area contributed by atoms with Gasteiger partial charge in [0.2, 0.25) is 0 Å². The van der Waals surface area contributed by atoms with Crippen LogP contribution >= 0.6 is 0 Å². The van der Waals surface area contributed by atoms with E-state index in [1.807, 2.05) is 0 Å². The second-order valence-electron chi connectivity index (χ2n) is 5.28. The van der Waals surface area contributed by atoms with Gasteiger partial charge >= 0.3 is 0 Å². The van der Waals surface area contributed by atoms with E-state index in [0.29, 0.717) is 6.04 Å². The summed E-state index contributed by atoms with van der Waals surface area (Å²) >= 11 is 0.